The van der Waals surface area contributed by atoms with Crippen LogP contribution in [0.25, 0.3) is 0 Å². The summed E-state index contributed by atoms with van der Waals surface area (Å²) in [7, 11) is 0. The number of phenols is 1. The van der Waals surface area contributed by atoms with Gasteiger partial charge in [0.15, 0.2) is 0 Å². The normalized spacial score (nSPS) is 10.2. The summed E-state index contributed by atoms with van der Waals surface area (Å²) < 4.78 is 0. The van der Waals surface area contributed by atoms with Gasteiger partial charge in [0, 0.05) is 22.5 Å². The molecule has 0 spiro atoms. The second-order valence-corrected chi connectivity index (χ2v) is 5.10. The molecule has 0 bridgehead atoms. The van der Waals surface area contributed by atoms with Gasteiger partial charge in [-0.1, -0.05) is 34.8 Å². The number of nitrogens with one attached hydrogen (secondary N) is 2. The molecule has 0 heterocycles. The molecule has 2 aromatic rings. The second kappa shape index (κ2) is 6.22. The third-order valence-corrected chi connectivity index (χ3v) is 3.41. The topological polar surface area (TPSA) is 61.4 Å². The van der Waals surface area contributed by atoms with Gasteiger partial charge in [0.05, 0.1) is 5.02 Å². The van der Waals surface area contributed by atoms with Crippen molar-refractivity contribution in [2.75, 3.05) is 10.6 Å². The van der Waals surface area contributed by atoms with Crippen molar-refractivity contribution >= 4 is 52.2 Å². The number of hydrogen-bond acceptors (Lipinski definition) is 2. The van der Waals surface area contributed by atoms with Crippen LogP contribution in [0, 0.1) is 0 Å². The lowest BCUT2D eigenvalue weighted by atomic mass is 10.3. The van der Waals surface area contributed by atoms with Crippen LogP contribution in [0.1, 0.15) is 0 Å². The molecule has 0 fully saturated rings. The van der Waals surface area contributed by atoms with Crippen LogP contribution in [0.15, 0.2) is 36.4 Å². The van der Waals surface area contributed by atoms with Gasteiger partial charge in [-0.25, -0.2) is 4.79 Å². The zero-order valence-corrected chi connectivity index (χ0v) is 12.2. The lowest BCUT2D eigenvalue weighted by molar-refractivity contribution is 0.262. The molecule has 0 saturated carbocycles. The van der Waals surface area contributed by atoms with E-state index in [0.29, 0.717) is 16.4 Å². The molecule has 0 radical (unpaired) electrons. The van der Waals surface area contributed by atoms with E-state index in [1.165, 1.54) is 12.1 Å². The lowest BCUT2D eigenvalue weighted by Crippen LogP contribution is -2.19. The van der Waals surface area contributed by atoms with Crippen LogP contribution in [-0.2, 0) is 0 Å². The van der Waals surface area contributed by atoms with Crippen molar-refractivity contribution in [3.63, 3.8) is 0 Å². The Bertz CT molecular complexity index is 622. The number of rotatable bonds is 2. The highest BCUT2D eigenvalue weighted by Crippen LogP contribution is 2.34. The van der Waals surface area contributed by atoms with Crippen LogP contribution >= 0.6 is 34.8 Å². The standard InChI is InChI=1S/C13H9Cl3N2O2/c14-7-1-3-8(4-2-7)17-13(20)18-9-5-10(15)12(16)11(19)6-9/h1-6,19H,(H2,17,18,20). The fraction of sp³-hybridized carbons (Fsp3) is 0. The van der Waals surface area contributed by atoms with Crippen molar-refractivity contribution in [1.29, 1.82) is 0 Å². The van der Waals surface area contributed by atoms with Crippen molar-refractivity contribution in [2.45, 2.75) is 0 Å². The number of hydrogen-bond donors (Lipinski definition) is 3. The van der Waals surface area contributed by atoms with Gasteiger partial charge in [0.25, 0.3) is 0 Å². The van der Waals surface area contributed by atoms with E-state index in [1.807, 2.05) is 0 Å². The van der Waals surface area contributed by atoms with E-state index in [0.717, 1.165) is 0 Å². The van der Waals surface area contributed by atoms with Gasteiger partial charge in [0.2, 0.25) is 0 Å². The molecule has 7 heteroatoms. The fourth-order valence-corrected chi connectivity index (χ4v) is 1.92. The van der Waals surface area contributed by atoms with Crippen LogP contribution < -0.4 is 10.6 Å². The molecule has 0 atom stereocenters. The van der Waals surface area contributed by atoms with E-state index in [4.69, 9.17) is 34.8 Å². The minimum Gasteiger partial charge on any atom is -0.506 e. The summed E-state index contributed by atoms with van der Waals surface area (Å²) >= 11 is 17.3. The molecular weight excluding hydrogens is 323 g/mol. The first-order valence-electron chi connectivity index (χ1n) is 5.47. The summed E-state index contributed by atoms with van der Waals surface area (Å²) in [6, 6.07) is 8.89. The number of phenolic OH excluding ortho intramolecular Hbond substituents is 1. The van der Waals surface area contributed by atoms with Crippen LogP contribution in [0.4, 0.5) is 16.2 Å². The van der Waals surface area contributed by atoms with Gasteiger partial charge in [0.1, 0.15) is 10.8 Å². The number of benzene rings is 2. The Labute approximate surface area is 130 Å². The summed E-state index contributed by atoms with van der Waals surface area (Å²) in [4.78, 5) is 11.8. The van der Waals surface area contributed by atoms with Gasteiger partial charge in [-0.15, -0.1) is 0 Å². The lowest BCUT2D eigenvalue weighted by Gasteiger charge is -2.09. The van der Waals surface area contributed by atoms with Crippen molar-refractivity contribution in [3.05, 3.63) is 51.5 Å². The Kier molecular flexibility index (Phi) is 4.60. The van der Waals surface area contributed by atoms with Gasteiger partial charge in [-0.3, -0.25) is 0 Å². The molecule has 3 N–H and O–H groups in total. The van der Waals surface area contributed by atoms with Gasteiger partial charge in [-0.2, -0.15) is 0 Å². The van der Waals surface area contributed by atoms with Crippen molar-refractivity contribution in [1.82, 2.24) is 0 Å². The summed E-state index contributed by atoms with van der Waals surface area (Å²) in [5.74, 6) is -0.207. The summed E-state index contributed by atoms with van der Waals surface area (Å²) in [6.45, 7) is 0. The zero-order chi connectivity index (χ0) is 14.7. The molecule has 0 saturated heterocycles. The first-order chi connectivity index (χ1) is 9.45. The van der Waals surface area contributed by atoms with E-state index in [9.17, 15) is 9.90 Å². The van der Waals surface area contributed by atoms with E-state index in [2.05, 4.69) is 10.6 Å². The predicted molar refractivity (Wildman–Crippen MR) is 82.2 cm³/mol. The minimum absolute atomic E-state index is 0.0373. The molecule has 104 valence electrons. The largest absolute Gasteiger partial charge is 0.506 e. The smallest absolute Gasteiger partial charge is 0.323 e. The van der Waals surface area contributed by atoms with Crippen LogP contribution in [-0.4, -0.2) is 11.1 Å². The fourth-order valence-electron chi connectivity index (χ4n) is 1.47. The van der Waals surface area contributed by atoms with E-state index >= 15 is 0 Å². The maximum atomic E-state index is 11.8. The molecular formula is C13H9Cl3N2O2. The Morgan fingerprint density at radius 1 is 0.950 bits per heavy atom. The van der Waals surface area contributed by atoms with E-state index in [-0.39, 0.29) is 15.8 Å². The third kappa shape index (κ3) is 3.70. The maximum absolute atomic E-state index is 11.8. The summed E-state index contributed by atoms with van der Waals surface area (Å²) in [5.41, 5.74) is 0.902. The third-order valence-electron chi connectivity index (χ3n) is 2.37. The average Bonchev–Trinajstić information content (AvgIpc) is 2.38. The number of aromatic hydroxyl groups is 1. The molecule has 0 aliphatic rings. The highest BCUT2D eigenvalue weighted by atomic mass is 35.5. The Morgan fingerprint density at radius 2 is 1.55 bits per heavy atom. The molecule has 2 amide bonds. The first-order valence-corrected chi connectivity index (χ1v) is 6.60. The highest BCUT2D eigenvalue weighted by Gasteiger charge is 2.09. The SMILES string of the molecule is O=C(Nc1ccc(Cl)cc1)Nc1cc(O)c(Cl)c(Cl)c1. The highest BCUT2D eigenvalue weighted by molar-refractivity contribution is 6.43. The van der Waals surface area contributed by atoms with Crippen LogP contribution in [0.2, 0.25) is 15.1 Å². The number of carbonyl (C=O) groups excluding carboxylic acids is 1. The molecule has 0 aliphatic heterocycles. The number of halogens is 3. The van der Waals surface area contributed by atoms with E-state index < -0.39 is 6.03 Å². The van der Waals surface area contributed by atoms with Crippen LogP contribution in [0.3, 0.4) is 0 Å². The minimum atomic E-state index is -0.481. The number of urea groups is 1. The van der Waals surface area contributed by atoms with Crippen molar-refractivity contribution in [3.8, 4) is 5.75 Å². The molecule has 2 aromatic carbocycles. The Balaban J connectivity index is 2.06. The van der Waals surface area contributed by atoms with E-state index in [1.54, 1.807) is 24.3 Å². The molecule has 0 aromatic heterocycles. The van der Waals surface area contributed by atoms with Gasteiger partial charge < -0.3 is 15.7 Å². The number of amides is 2. The first kappa shape index (κ1) is 14.8. The van der Waals surface area contributed by atoms with Gasteiger partial charge >= 0.3 is 6.03 Å². The number of anilines is 2. The van der Waals surface area contributed by atoms with Crippen molar-refractivity contribution < 1.29 is 9.90 Å². The maximum Gasteiger partial charge on any atom is 0.323 e. The molecule has 0 unspecified atom stereocenters. The Hall–Kier alpha value is -1.62. The number of carbonyl (C=O) groups is 1. The van der Waals surface area contributed by atoms with Gasteiger partial charge in [-0.05, 0) is 30.3 Å². The molecule has 4 nitrogen and oxygen atoms in total. The predicted octanol–water partition coefficient (Wildman–Crippen LogP) is 5.00. The molecule has 2 rings (SSSR count). The second-order valence-electron chi connectivity index (χ2n) is 3.88. The molecule has 0 aliphatic carbocycles. The van der Waals surface area contributed by atoms with Crippen molar-refractivity contribution in [2.24, 2.45) is 0 Å². The molecule has 20 heavy (non-hydrogen) atoms. The zero-order valence-electron chi connectivity index (χ0n) is 9.95. The monoisotopic (exact) mass is 330 g/mol. The quantitative estimate of drug-likeness (QED) is 0.725. The average molecular weight is 332 g/mol. The van der Waals surface area contributed by atoms with Crippen LogP contribution in [0.5, 0.6) is 5.75 Å². The Morgan fingerprint density at radius 3 is 2.15 bits per heavy atom. The summed E-state index contributed by atoms with van der Waals surface area (Å²) in [6.07, 6.45) is 0. The summed E-state index contributed by atoms with van der Waals surface area (Å²) in [5, 5.41) is 15.4.